The van der Waals surface area contributed by atoms with Crippen molar-refractivity contribution in [2.75, 3.05) is 0 Å². The van der Waals surface area contributed by atoms with Crippen LogP contribution >= 0.6 is 0 Å². The molecule has 4 N–H and O–H groups in total. The lowest BCUT2D eigenvalue weighted by Crippen LogP contribution is -2.42. The standard InChI is InChI=1S/C15H21N3O2/c16-14(19)12-8-6-11(7-9-12)10-17-15(20)18-13-4-2-1-3-5-13/h6-9,13H,1-5,10H2,(H2,16,19)(H2,17,18,20). The number of rotatable bonds is 4. The van der Waals surface area contributed by atoms with Crippen molar-refractivity contribution < 1.29 is 9.59 Å². The maximum absolute atomic E-state index is 11.8. The van der Waals surface area contributed by atoms with Gasteiger partial charge in [-0.2, -0.15) is 0 Å². The minimum absolute atomic E-state index is 0.129. The SMILES string of the molecule is NC(=O)c1ccc(CNC(=O)NC2CCCCC2)cc1. The number of amides is 3. The predicted octanol–water partition coefficient (Wildman–Crippen LogP) is 1.92. The maximum Gasteiger partial charge on any atom is 0.315 e. The molecule has 0 saturated heterocycles. The number of hydrogen-bond donors (Lipinski definition) is 3. The highest BCUT2D eigenvalue weighted by Gasteiger charge is 2.15. The van der Waals surface area contributed by atoms with Crippen LogP contribution in [0.25, 0.3) is 0 Å². The Balaban J connectivity index is 1.76. The summed E-state index contributed by atoms with van der Waals surface area (Å²) in [5.41, 5.74) is 6.58. The lowest BCUT2D eigenvalue weighted by molar-refractivity contribution is 0.1000. The van der Waals surface area contributed by atoms with Crippen LogP contribution in [0, 0.1) is 0 Å². The fourth-order valence-corrected chi connectivity index (χ4v) is 2.45. The normalized spacial score (nSPS) is 15.6. The first-order valence-corrected chi connectivity index (χ1v) is 7.08. The summed E-state index contributed by atoms with van der Waals surface area (Å²) in [6, 6.07) is 7.09. The number of benzene rings is 1. The highest BCUT2D eigenvalue weighted by molar-refractivity contribution is 5.92. The van der Waals surface area contributed by atoms with Gasteiger partial charge in [0, 0.05) is 18.2 Å². The molecule has 0 bridgehead atoms. The zero-order valence-electron chi connectivity index (χ0n) is 11.5. The average Bonchev–Trinajstić information content (AvgIpc) is 2.46. The van der Waals surface area contributed by atoms with E-state index in [1.807, 2.05) is 0 Å². The molecule has 0 unspecified atom stereocenters. The topological polar surface area (TPSA) is 84.2 Å². The van der Waals surface area contributed by atoms with Crippen LogP contribution in [0.1, 0.15) is 48.0 Å². The number of primary amides is 1. The zero-order valence-corrected chi connectivity index (χ0v) is 11.5. The first-order valence-electron chi connectivity index (χ1n) is 7.08. The van der Waals surface area contributed by atoms with Crippen molar-refractivity contribution in [2.45, 2.75) is 44.7 Å². The third-order valence-corrected chi connectivity index (χ3v) is 3.63. The number of carbonyl (C=O) groups is 2. The monoisotopic (exact) mass is 275 g/mol. The summed E-state index contributed by atoms with van der Waals surface area (Å²) in [7, 11) is 0. The molecule has 5 nitrogen and oxygen atoms in total. The van der Waals surface area contributed by atoms with E-state index in [1.165, 1.54) is 19.3 Å². The lowest BCUT2D eigenvalue weighted by Gasteiger charge is -2.22. The van der Waals surface area contributed by atoms with Gasteiger partial charge in [0.1, 0.15) is 0 Å². The Morgan fingerprint density at radius 1 is 1.10 bits per heavy atom. The molecule has 0 heterocycles. The average molecular weight is 275 g/mol. The highest BCUT2D eigenvalue weighted by Crippen LogP contribution is 2.17. The van der Waals surface area contributed by atoms with Crippen LogP contribution < -0.4 is 16.4 Å². The second-order valence-corrected chi connectivity index (χ2v) is 5.22. The second-order valence-electron chi connectivity index (χ2n) is 5.22. The van der Waals surface area contributed by atoms with E-state index in [0.717, 1.165) is 18.4 Å². The molecule has 20 heavy (non-hydrogen) atoms. The Morgan fingerprint density at radius 3 is 2.35 bits per heavy atom. The second kappa shape index (κ2) is 6.93. The smallest absolute Gasteiger partial charge is 0.315 e. The number of carbonyl (C=O) groups excluding carboxylic acids is 2. The first kappa shape index (κ1) is 14.4. The number of nitrogens with two attached hydrogens (primary N) is 1. The van der Waals surface area contributed by atoms with Gasteiger partial charge in [0.05, 0.1) is 0 Å². The van der Waals surface area contributed by atoms with Gasteiger partial charge in [0.15, 0.2) is 0 Å². The molecule has 0 spiro atoms. The number of nitrogens with one attached hydrogen (secondary N) is 2. The Hall–Kier alpha value is -2.04. The van der Waals surface area contributed by atoms with E-state index >= 15 is 0 Å². The van der Waals surface area contributed by atoms with Crippen LogP contribution in [0.2, 0.25) is 0 Å². The largest absolute Gasteiger partial charge is 0.366 e. The molecule has 1 aliphatic rings. The summed E-state index contributed by atoms with van der Waals surface area (Å²) < 4.78 is 0. The van der Waals surface area contributed by atoms with Gasteiger partial charge in [-0.1, -0.05) is 31.4 Å². The van der Waals surface area contributed by atoms with Crippen LogP contribution in [-0.4, -0.2) is 18.0 Å². The van der Waals surface area contributed by atoms with Crippen molar-refractivity contribution in [3.63, 3.8) is 0 Å². The van der Waals surface area contributed by atoms with Gasteiger partial charge in [-0.25, -0.2) is 4.79 Å². The summed E-state index contributed by atoms with van der Waals surface area (Å²) in [6.07, 6.45) is 5.80. The Labute approximate surface area is 118 Å². The first-order chi connectivity index (χ1) is 9.65. The maximum atomic E-state index is 11.8. The molecule has 1 saturated carbocycles. The highest BCUT2D eigenvalue weighted by atomic mass is 16.2. The molecule has 108 valence electrons. The van der Waals surface area contributed by atoms with Crippen LogP contribution in [0.5, 0.6) is 0 Å². The van der Waals surface area contributed by atoms with Gasteiger partial charge in [0.25, 0.3) is 0 Å². The zero-order chi connectivity index (χ0) is 14.4. The van der Waals surface area contributed by atoms with E-state index in [4.69, 9.17) is 5.73 Å². The fourth-order valence-electron chi connectivity index (χ4n) is 2.45. The van der Waals surface area contributed by atoms with Crippen molar-refractivity contribution in [3.8, 4) is 0 Å². The van der Waals surface area contributed by atoms with Gasteiger partial charge in [-0.3, -0.25) is 4.79 Å². The summed E-state index contributed by atoms with van der Waals surface area (Å²) in [5.74, 6) is -0.445. The van der Waals surface area contributed by atoms with E-state index in [1.54, 1.807) is 24.3 Å². The van der Waals surface area contributed by atoms with E-state index < -0.39 is 5.91 Å². The lowest BCUT2D eigenvalue weighted by atomic mass is 9.96. The molecule has 1 aliphatic carbocycles. The van der Waals surface area contributed by atoms with E-state index in [-0.39, 0.29) is 6.03 Å². The third-order valence-electron chi connectivity index (χ3n) is 3.63. The van der Waals surface area contributed by atoms with Gasteiger partial charge in [-0.05, 0) is 30.5 Å². The molecule has 5 heteroatoms. The molecule has 2 rings (SSSR count). The molecule has 1 fully saturated rings. The van der Waals surface area contributed by atoms with Gasteiger partial charge < -0.3 is 16.4 Å². The van der Waals surface area contributed by atoms with E-state index in [0.29, 0.717) is 18.2 Å². The van der Waals surface area contributed by atoms with Crippen LogP contribution in [0.15, 0.2) is 24.3 Å². The number of urea groups is 1. The van der Waals surface area contributed by atoms with Crippen LogP contribution in [-0.2, 0) is 6.54 Å². The van der Waals surface area contributed by atoms with Gasteiger partial charge in [0.2, 0.25) is 5.91 Å². The van der Waals surface area contributed by atoms with Crippen molar-refractivity contribution in [3.05, 3.63) is 35.4 Å². The van der Waals surface area contributed by atoms with Crippen molar-refractivity contribution >= 4 is 11.9 Å². The summed E-state index contributed by atoms with van der Waals surface area (Å²) in [4.78, 5) is 22.7. The van der Waals surface area contributed by atoms with Gasteiger partial charge in [-0.15, -0.1) is 0 Å². The Kier molecular flexibility index (Phi) is 4.98. The van der Waals surface area contributed by atoms with Crippen molar-refractivity contribution in [1.29, 1.82) is 0 Å². The fraction of sp³-hybridized carbons (Fsp3) is 0.467. The summed E-state index contributed by atoms with van der Waals surface area (Å²) in [6.45, 7) is 0.442. The van der Waals surface area contributed by atoms with Crippen molar-refractivity contribution in [1.82, 2.24) is 10.6 Å². The molecule has 1 aromatic rings. The van der Waals surface area contributed by atoms with E-state index in [9.17, 15) is 9.59 Å². The molecule has 0 atom stereocenters. The predicted molar refractivity (Wildman–Crippen MR) is 77.2 cm³/mol. The molecular formula is C15H21N3O2. The van der Waals surface area contributed by atoms with Crippen LogP contribution in [0.3, 0.4) is 0 Å². The van der Waals surface area contributed by atoms with Crippen LogP contribution in [0.4, 0.5) is 4.79 Å². The minimum Gasteiger partial charge on any atom is -0.366 e. The Morgan fingerprint density at radius 2 is 1.75 bits per heavy atom. The molecule has 1 aromatic carbocycles. The third kappa shape index (κ3) is 4.26. The summed E-state index contributed by atoms with van der Waals surface area (Å²) in [5, 5.41) is 5.82. The molecule has 3 amide bonds. The Bertz CT molecular complexity index is 465. The molecule has 0 aromatic heterocycles. The van der Waals surface area contributed by atoms with Crippen molar-refractivity contribution in [2.24, 2.45) is 5.73 Å². The minimum atomic E-state index is -0.445. The van der Waals surface area contributed by atoms with E-state index in [2.05, 4.69) is 10.6 Å². The molecule has 0 aliphatic heterocycles. The molecular weight excluding hydrogens is 254 g/mol. The number of hydrogen-bond acceptors (Lipinski definition) is 2. The van der Waals surface area contributed by atoms with Gasteiger partial charge >= 0.3 is 6.03 Å². The molecule has 0 radical (unpaired) electrons. The quantitative estimate of drug-likeness (QED) is 0.784. The summed E-state index contributed by atoms with van der Waals surface area (Å²) >= 11 is 0.